The molecule has 1 aromatic carbocycles. The highest BCUT2D eigenvalue weighted by Crippen LogP contribution is 2.35. The van der Waals surface area contributed by atoms with Gasteiger partial charge in [-0.3, -0.25) is 0 Å². The van der Waals surface area contributed by atoms with Crippen molar-refractivity contribution in [3.63, 3.8) is 0 Å². The van der Waals surface area contributed by atoms with Gasteiger partial charge in [-0.05, 0) is 41.9 Å². The zero-order valence-electron chi connectivity index (χ0n) is 7.84. The third-order valence-electron chi connectivity index (χ3n) is 3.40. The molecule has 0 aromatic heterocycles. The molecule has 0 fully saturated rings. The van der Waals surface area contributed by atoms with Crippen LogP contribution in [0.25, 0.3) is 0 Å². The van der Waals surface area contributed by atoms with Crippen LogP contribution in [0.4, 0.5) is 0 Å². The molecule has 1 heterocycles. The van der Waals surface area contributed by atoms with Crippen molar-refractivity contribution >= 4 is 0 Å². The van der Waals surface area contributed by atoms with Gasteiger partial charge in [0.05, 0.1) is 0 Å². The predicted octanol–water partition coefficient (Wildman–Crippen LogP) is 2.21. The average molecular weight is 173 g/mol. The molecule has 3 rings (SSSR count). The van der Waals surface area contributed by atoms with Gasteiger partial charge in [-0.2, -0.15) is 0 Å². The first-order valence-corrected chi connectivity index (χ1v) is 5.26. The largest absolute Gasteiger partial charge is 0.312 e. The van der Waals surface area contributed by atoms with Crippen LogP contribution in [0.15, 0.2) is 18.2 Å². The SMILES string of the molecule is c1cc2c3c(c1)CNCC3CCC2. The predicted molar refractivity (Wildman–Crippen MR) is 53.8 cm³/mol. The third-order valence-corrected chi connectivity index (χ3v) is 3.40. The second-order valence-electron chi connectivity index (χ2n) is 4.21. The summed E-state index contributed by atoms with van der Waals surface area (Å²) in [7, 11) is 0. The summed E-state index contributed by atoms with van der Waals surface area (Å²) in [6.45, 7) is 2.28. The van der Waals surface area contributed by atoms with Gasteiger partial charge in [-0.25, -0.2) is 0 Å². The smallest absolute Gasteiger partial charge is 0.0208 e. The van der Waals surface area contributed by atoms with Gasteiger partial charge in [-0.1, -0.05) is 18.2 Å². The molecule has 1 nitrogen and oxygen atoms in total. The molecule has 0 saturated carbocycles. The van der Waals surface area contributed by atoms with E-state index in [-0.39, 0.29) is 0 Å². The van der Waals surface area contributed by atoms with Crippen LogP contribution in [0.5, 0.6) is 0 Å². The van der Waals surface area contributed by atoms with Gasteiger partial charge in [0.15, 0.2) is 0 Å². The minimum atomic E-state index is 0.814. The van der Waals surface area contributed by atoms with E-state index in [0.29, 0.717) is 0 Å². The molecule has 1 aromatic rings. The monoisotopic (exact) mass is 173 g/mol. The average Bonchev–Trinajstić information content (AvgIpc) is 2.19. The van der Waals surface area contributed by atoms with Gasteiger partial charge in [0.2, 0.25) is 0 Å². The summed E-state index contributed by atoms with van der Waals surface area (Å²) in [6.07, 6.45) is 4.07. The van der Waals surface area contributed by atoms with E-state index in [1.807, 2.05) is 0 Å². The van der Waals surface area contributed by atoms with Crippen molar-refractivity contribution < 1.29 is 0 Å². The van der Waals surface area contributed by atoms with Crippen LogP contribution >= 0.6 is 0 Å². The highest BCUT2D eigenvalue weighted by atomic mass is 14.9. The molecule has 1 aliphatic carbocycles. The lowest BCUT2D eigenvalue weighted by Gasteiger charge is -2.32. The zero-order chi connectivity index (χ0) is 8.67. The fraction of sp³-hybridized carbons (Fsp3) is 0.500. The van der Waals surface area contributed by atoms with Crippen LogP contribution in [0, 0.1) is 0 Å². The van der Waals surface area contributed by atoms with Crippen molar-refractivity contribution in [2.45, 2.75) is 31.7 Å². The van der Waals surface area contributed by atoms with Crippen molar-refractivity contribution in [2.24, 2.45) is 0 Å². The minimum Gasteiger partial charge on any atom is -0.312 e. The van der Waals surface area contributed by atoms with Gasteiger partial charge in [0.25, 0.3) is 0 Å². The minimum absolute atomic E-state index is 0.814. The Kier molecular flexibility index (Phi) is 1.66. The summed E-state index contributed by atoms with van der Waals surface area (Å²) in [5.74, 6) is 0.814. The Labute approximate surface area is 79.2 Å². The maximum Gasteiger partial charge on any atom is 0.0208 e. The van der Waals surface area contributed by atoms with Crippen LogP contribution in [0.1, 0.15) is 35.4 Å². The lowest BCUT2D eigenvalue weighted by molar-refractivity contribution is 0.474. The molecule has 13 heavy (non-hydrogen) atoms. The molecule has 2 aliphatic rings. The van der Waals surface area contributed by atoms with E-state index in [4.69, 9.17) is 0 Å². The number of nitrogens with one attached hydrogen (secondary N) is 1. The van der Waals surface area contributed by atoms with Gasteiger partial charge in [-0.15, -0.1) is 0 Å². The van der Waals surface area contributed by atoms with Gasteiger partial charge in [0, 0.05) is 13.1 Å². The zero-order valence-corrected chi connectivity index (χ0v) is 7.84. The van der Waals surface area contributed by atoms with Crippen LogP contribution < -0.4 is 5.32 Å². The van der Waals surface area contributed by atoms with E-state index in [9.17, 15) is 0 Å². The molecule has 0 spiro atoms. The maximum absolute atomic E-state index is 3.50. The molecule has 68 valence electrons. The third kappa shape index (κ3) is 1.11. The Hall–Kier alpha value is -0.820. The molecule has 1 aliphatic heterocycles. The van der Waals surface area contributed by atoms with Crippen molar-refractivity contribution in [2.75, 3.05) is 6.54 Å². The molecule has 0 saturated heterocycles. The highest BCUT2D eigenvalue weighted by molar-refractivity contribution is 5.41. The summed E-state index contributed by atoms with van der Waals surface area (Å²) in [5.41, 5.74) is 4.86. The van der Waals surface area contributed by atoms with E-state index in [2.05, 4.69) is 23.5 Å². The first kappa shape index (κ1) is 7.57. The Morgan fingerprint density at radius 1 is 1.23 bits per heavy atom. The summed E-state index contributed by atoms with van der Waals surface area (Å²) < 4.78 is 0. The van der Waals surface area contributed by atoms with Crippen molar-refractivity contribution in [3.8, 4) is 0 Å². The van der Waals surface area contributed by atoms with E-state index >= 15 is 0 Å². The first-order valence-electron chi connectivity index (χ1n) is 5.26. The Balaban J connectivity index is 2.18. The molecule has 1 unspecified atom stereocenters. The molecule has 0 amide bonds. The van der Waals surface area contributed by atoms with E-state index in [0.717, 1.165) is 12.5 Å². The molecular weight excluding hydrogens is 158 g/mol. The molecular formula is C12H15N. The van der Waals surface area contributed by atoms with Crippen LogP contribution in [0.2, 0.25) is 0 Å². The standard InChI is InChI=1S/C12H15N/c1-3-9-4-2-6-11-8-13-7-10(5-1)12(9)11/h1,3,5,11,13H,2,4,6-8H2. The normalized spacial score (nSPS) is 25.4. The molecule has 1 N–H and O–H groups in total. The van der Waals surface area contributed by atoms with E-state index in [1.165, 1.54) is 25.8 Å². The molecule has 1 heteroatoms. The summed E-state index contributed by atoms with van der Waals surface area (Å²) in [6, 6.07) is 6.81. The second-order valence-corrected chi connectivity index (χ2v) is 4.21. The van der Waals surface area contributed by atoms with Gasteiger partial charge >= 0.3 is 0 Å². The molecule has 0 bridgehead atoms. The lowest BCUT2D eigenvalue weighted by Crippen LogP contribution is -2.30. The van der Waals surface area contributed by atoms with Crippen LogP contribution in [0.3, 0.4) is 0 Å². The Morgan fingerprint density at radius 3 is 3.15 bits per heavy atom. The van der Waals surface area contributed by atoms with Gasteiger partial charge < -0.3 is 5.32 Å². The highest BCUT2D eigenvalue weighted by Gasteiger charge is 2.25. The van der Waals surface area contributed by atoms with Crippen LogP contribution in [-0.2, 0) is 13.0 Å². The number of rotatable bonds is 0. The fourth-order valence-electron chi connectivity index (χ4n) is 2.83. The number of aryl methyl sites for hydroxylation is 1. The first-order chi connectivity index (χ1) is 6.45. The quantitative estimate of drug-likeness (QED) is 0.634. The van der Waals surface area contributed by atoms with E-state index in [1.54, 1.807) is 16.7 Å². The van der Waals surface area contributed by atoms with Crippen molar-refractivity contribution in [3.05, 3.63) is 34.9 Å². The number of hydrogen-bond acceptors (Lipinski definition) is 1. The lowest BCUT2D eigenvalue weighted by atomic mass is 9.78. The molecule has 0 radical (unpaired) electrons. The maximum atomic E-state index is 3.50. The van der Waals surface area contributed by atoms with Crippen molar-refractivity contribution in [1.82, 2.24) is 5.32 Å². The fourth-order valence-corrected chi connectivity index (χ4v) is 2.83. The van der Waals surface area contributed by atoms with E-state index < -0.39 is 0 Å². The van der Waals surface area contributed by atoms with Crippen molar-refractivity contribution in [1.29, 1.82) is 0 Å². The molecule has 1 atom stereocenters. The summed E-state index contributed by atoms with van der Waals surface area (Å²) in [5, 5.41) is 3.50. The topological polar surface area (TPSA) is 12.0 Å². The number of benzene rings is 1. The number of hydrogen-bond donors (Lipinski definition) is 1. The summed E-state index contributed by atoms with van der Waals surface area (Å²) >= 11 is 0. The Morgan fingerprint density at radius 2 is 2.15 bits per heavy atom. The Bertz CT molecular complexity index is 302. The summed E-state index contributed by atoms with van der Waals surface area (Å²) in [4.78, 5) is 0. The van der Waals surface area contributed by atoms with Gasteiger partial charge in [0.1, 0.15) is 0 Å². The second kappa shape index (κ2) is 2.85. The van der Waals surface area contributed by atoms with Crippen LogP contribution in [-0.4, -0.2) is 6.54 Å².